The number of fused-ring (bicyclic) bond motifs is 1. The molecule has 3 aromatic rings. The number of carbonyl (C=O) groups is 2. The summed E-state index contributed by atoms with van der Waals surface area (Å²) in [5.41, 5.74) is 2.01. The monoisotopic (exact) mass is 502 g/mol. The van der Waals surface area contributed by atoms with Gasteiger partial charge in [0.05, 0.1) is 29.8 Å². The molecule has 1 aliphatic carbocycles. The van der Waals surface area contributed by atoms with Crippen LogP contribution in [-0.2, 0) is 9.59 Å². The van der Waals surface area contributed by atoms with Gasteiger partial charge in [0.15, 0.2) is 0 Å². The first-order chi connectivity index (χ1) is 17.0. The number of halogens is 4. The van der Waals surface area contributed by atoms with Crippen molar-refractivity contribution in [2.45, 2.75) is 69.0 Å². The highest BCUT2D eigenvalue weighted by Crippen LogP contribution is 2.41. The van der Waals surface area contributed by atoms with Crippen LogP contribution in [0.2, 0.25) is 0 Å². The summed E-state index contributed by atoms with van der Waals surface area (Å²) in [6, 6.07) is 12.6. The number of aromatic nitrogens is 2. The molecule has 2 atom stereocenters. The van der Waals surface area contributed by atoms with E-state index in [1.54, 1.807) is 59.4 Å². The van der Waals surface area contributed by atoms with Crippen LogP contribution in [0, 0.1) is 0 Å². The predicted octanol–water partition coefficient (Wildman–Crippen LogP) is 5.40. The van der Waals surface area contributed by atoms with Crippen LogP contribution in [0.15, 0.2) is 54.7 Å². The fraction of sp³-hybridized carbons (Fsp3) is 0.423. The van der Waals surface area contributed by atoms with Crippen molar-refractivity contribution < 1.29 is 27.2 Å². The van der Waals surface area contributed by atoms with Crippen molar-refractivity contribution in [3.05, 3.63) is 60.3 Å². The molecule has 36 heavy (non-hydrogen) atoms. The SMILES string of the molecule is CC(F)(F)C(=O)N[C@H]1CC(=O)N(c2ccc3c(cnn3C3CCC(F)(F)CC3)c2)[C@@H]1c1ccccc1. The minimum Gasteiger partial charge on any atom is -0.345 e. The fourth-order valence-electron chi connectivity index (χ4n) is 5.25. The van der Waals surface area contributed by atoms with Gasteiger partial charge in [0, 0.05) is 37.3 Å². The zero-order valence-corrected chi connectivity index (χ0v) is 19.6. The molecular formula is C26H26F4N4O2. The van der Waals surface area contributed by atoms with Gasteiger partial charge in [0.1, 0.15) is 0 Å². The third-order valence-electron chi connectivity index (χ3n) is 7.07. The largest absolute Gasteiger partial charge is 0.345 e. The summed E-state index contributed by atoms with van der Waals surface area (Å²) in [6.45, 7) is 0.521. The van der Waals surface area contributed by atoms with Gasteiger partial charge in [-0.2, -0.15) is 13.9 Å². The zero-order chi connectivity index (χ0) is 25.7. The van der Waals surface area contributed by atoms with Crippen LogP contribution in [0.3, 0.4) is 0 Å². The van der Waals surface area contributed by atoms with Crippen molar-refractivity contribution >= 4 is 28.4 Å². The molecule has 0 unspecified atom stereocenters. The van der Waals surface area contributed by atoms with Crippen molar-refractivity contribution in [1.82, 2.24) is 15.1 Å². The maximum atomic E-state index is 13.6. The average molecular weight is 503 g/mol. The third-order valence-corrected chi connectivity index (χ3v) is 7.07. The van der Waals surface area contributed by atoms with Gasteiger partial charge in [-0.3, -0.25) is 14.3 Å². The van der Waals surface area contributed by atoms with Gasteiger partial charge in [-0.25, -0.2) is 8.78 Å². The van der Waals surface area contributed by atoms with Gasteiger partial charge in [0.2, 0.25) is 11.8 Å². The molecule has 0 spiro atoms. The minimum absolute atomic E-state index is 0.130. The molecule has 0 bridgehead atoms. The Balaban J connectivity index is 1.47. The van der Waals surface area contributed by atoms with Crippen molar-refractivity contribution in [3.63, 3.8) is 0 Å². The molecule has 0 radical (unpaired) electrons. The second-order valence-corrected chi connectivity index (χ2v) is 9.71. The number of hydrogen-bond acceptors (Lipinski definition) is 3. The lowest BCUT2D eigenvalue weighted by Crippen LogP contribution is -2.46. The number of anilines is 1. The normalized spacial score (nSPS) is 22.8. The number of benzene rings is 2. The Kier molecular flexibility index (Phi) is 6.00. The molecule has 2 amide bonds. The topological polar surface area (TPSA) is 67.2 Å². The smallest absolute Gasteiger partial charge is 0.321 e. The molecule has 1 aliphatic heterocycles. The number of carbonyl (C=O) groups excluding carboxylic acids is 2. The molecule has 2 heterocycles. The van der Waals surface area contributed by atoms with Crippen LogP contribution >= 0.6 is 0 Å². The van der Waals surface area contributed by atoms with Crippen molar-refractivity contribution in [1.29, 1.82) is 0 Å². The lowest BCUT2D eigenvalue weighted by Gasteiger charge is -2.30. The van der Waals surface area contributed by atoms with Gasteiger partial charge in [0.25, 0.3) is 5.91 Å². The summed E-state index contributed by atoms with van der Waals surface area (Å²) in [4.78, 5) is 26.7. The molecule has 5 rings (SSSR count). The van der Waals surface area contributed by atoms with E-state index < -0.39 is 29.8 Å². The molecule has 2 aromatic carbocycles. The van der Waals surface area contributed by atoms with Gasteiger partial charge in [-0.05, 0) is 36.6 Å². The first-order valence-electron chi connectivity index (χ1n) is 11.9. The number of rotatable bonds is 5. The molecule has 10 heteroatoms. The lowest BCUT2D eigenvalue weighted by atomic mass is 9.92. The van der Waals surface area contributed by atoms with E-state index in [1.165, 1.54) is 4.90 Å². The number of alkyl halides is 4. The molecule has 1 aromatic heterocycles. The Morgan fingerprint density at radius 2 is 1.81 bits per heavy atom. The summed E-state index contributed by atoms with van der Waals surface area (Å²) in [5.74, 6) is -7.95. The molecule has 1 N–H and O–H groups in total. The highest BCUT2D eigenvalue weighted by Gasteiger charge is 2.45. The average Bonchev–Trinajstić information content (AvgIpc) is 3.39. The first-order valence-corrected chi connectivity index (χ1v) is 11.9. The molecule has 190 valence electrons. The maximum Gasteiger partial charge on any atom is 0.321 e. The Morgan fingerprint density at radius 3 is 2.47 bits per heavy atom. The Bertz CT molecular complexity index is 1280. The quantitative estimate of drug-likeness (QED) is 0.475. The Labute approximate surface area is 205 Å². The second kappa shape index (κ2) is 8.90. The second-order valence-electron chi connectivity index (χ2n) is 9.71. The van der Waals surface area contributed by atoms with Crippen LogP contribution in [0.5, 0.6) is 0 Å². The highest BCUT2D eigenvalue weighted by molar-refractivity contribution is 6.00. The van der Waals surface area contributed by atoms with E-state index in [2.05, 4.69) is 10.4 Å². The highest BCUT2D eigenvalue weighted by atomic mass is 19.3. The van der Waals surface area contributed by atoms with E-state index in [4.69, 9.17) is 0 Å². The third kappa shape index (κ3) is 4.56. The first kappa shape index (κ1) is 24.3. The van der Waals surface area contributed by atoms with E-state index in [-0.39, 0.29) is 31.2 Å². The van der Waals surface area contributed by atoms with Gasteiger partial charge in [-0.1, -0.05) is 30.3 Å². The number of hydrogen-bond donors (Lipinski definition) is 1. The van der Waals surface area contributed by atoms with Gasteiger partial charge >= 0.3 is 5.92 Å². The van der Waals surface area contributed by atoms with Crippen molar-refractivity contribution in [2.24, 2.45) is 0 Å². The molecule has 1 saturated heterocycles. The van der Waals surface area contributed by atoms with Gasteiger partial charge < -0.3 is 10.2 Å². The lowest BCUT2D eigenvalue weighted by molar-refractivity contribution is -0.143. The number of nitrogens with zero attached hydrogens (tertiary/aromatic N) is 3. The van der Waals surface area contributed by atoms with Crippen molar-refractivity contribution in [2.75, 3.05) is 4.90 Å². The predicted molar refractivity (Wildman–Crippen MR) is 126 cm³/mol. The van der Waals surface area contributed by atoms with Crippen molar-refractivity contribution in [3.8, 4) is 0 Å². The standard InChI is InChI=1S/C26H26F4N4O2/c1-25(27,28)24(36)32-20-14-22(35)33(23(20)16-5-3-2-4-6-16)19-7-8-21-17(13-19)15-31-34(21)18-9-11-26(29,30)12-10-18/h2-8,13,15,18,20,23H,9-12,14H2,1H3,(H,32,36)/t20-,23+/m0/s1. The summed E-state index contributed by atoms with van der Waals surface area (Å²) in [5, 5.41) is 7.53. The van der Waals surface area contributed by atoms with Crippen LogP contribution in [0.4, 0.5) is 23.2 Å². The summed E-state index contributed by atoms with van der Waals surface area (Å²) in [6.07, 6.45) is 1.81. The van der Waals surface area contributed by atoms with Crippen LogP contribution < -0.4 is 10.2 Å². The fourth-order valence-corrected chi connectivity index (χ4v) is 5.25. The summed E-state index contributed by atoms with van der Waals surface area (Å²) in [7, 11) is 0. The van der Waals surface area contributed by atoms with E-state index >= 15 is 0 Å². The van der Waals surface area contributed by atoms with Crippen LogP contribution in [0.1, 0.15) is 56.7 Å². The summed E-state index contributed by atoms with van der Waals surface area (Å²) >= 11 is 0. The molecule has 1 saturated carbocycles. The van der Waals surface area contributed by atoms with E-state index in [0.717, 1.165) is 10.9 Å². The van der Waals surface area contributed by atoms with Crippen LogP contribution in [0.25, 0.3) is 10.9 Å². The zero-order valence-electron chi connectivity index (χ0n) is 19.6. The maximum absolute atomic E-state index is 13.6. The number of nitrogens with one attached hydrogen (secondary N) is 1. The van der Waals surface area contributed by atoms with E-state index in [9.17, 15) is 27.2 Å². The molecule has 6 nitrogen and oxygen atoms in total. The molecule has 2 aliphatic rings. The Hall–Kier alpha value is -3.43. The van der Waals surface area contributed by atoms with Gasteiger partial charge in [-0.15, -0.1) is 0 Å². The van der Waals surface area contributed by atoms with Crippen LogP contribution in [-0.4, -0.2) is 39.5 Å². The number of amides is 2. The summed E-state index contributed by atoms with van der Waals surface area (Å²) < 4.78 is 56.2. The van der Waals surface area contributed by atoms with E-state index in [1.807, 2.05) is 0 Å². The molecular weight excluding hydrogens is 476 g/mol. The minimum atomic E-state index is -3.58. The Morgan fingerprint density at radius 1 is 1.11 bits per heavy atom. The van der Waals surface area contributed by atoms with E-state index in [0.29, 0.717) is 31.0 Å². The molecule has 2 fully saturated rings.